The van der Waals surface area contributed by atoms with E-state index in [0.717, 1.165) is 25.1 Å². The number of methoxy groups -OCH3 is 1. The molecule has 0 bridgehead atoms. The van der Waals surface area contributed by atoms with Crippen molar-refractivity contribution in [2.45, 2.75) is 70.1 Å². The summed E-state index contributed by atoms with van der Waals surface area (Å²) in [5.41, 5.74) is 4.93. The molecule has 12 heteroatoms. The largest absolute Gasteiger partial charge is 0.383 e. The van der Waals surface area contributed by atoms with Crippen LogP contribution < -0.4 is 21.9 Å². The van der Waals surface area contributed by atoms with Crippen molar-refractivity contribution >= 4 is 29.2 Å². The maximum Gasteiger partial charge on any atom is 0.330 e. The highest BCUT2D eigenvalue weighted by molar-refractivity contribution is 7.99. The second-order valence-corrected chi connectivity index (χ2v) is 9.36. The highest BCUT2D eigenvalue weighted by Gasteiger charge is 2.31. The third-order valence-electron chi connectivity index (χ3n) is 5.48. The fourth-order valence-electron chi connectivity index (χ4n) is 3.58. The number of nitrogens with two attached hydrogens (primary N) is 1. The van der Waals surface area contributed by atoms with Crippen LogP contribution in [0.2, 0.25) is 0 Å². The van der Waals surface area contributed by atoms with Crippen LogP contribution in [0, 0.1) is 0 Å². The quantitative estimate of drug-likeness (QED) is 0.439. The van der Waals surface area contributed by atoms with Crippen molar-refractivity contribution < 1.29 is 9.53 Å². The zero-order chi connectivity index (χ0) is 24.1. The average Bonchev–Trinajstić information content (AvgIpc) is 3.52. The third kappa shape index (κ3) is 5.67. The molecule has 0 aromatic carbocycles. The van der Waals surface area contributed by atoms with Gasteiger partial charge in [0.2, 0.25) is 5.91 Å². The van der Waals surface area contributed by atoms with E-state index in [-0.39, 0.29) is 42.2 Å². The first-order valence-electron chi connectivity index (χ1n) is 11.3. The standard InChI is InChI=1S/C21H33N7O4S/c1-5-6-9-27-17(22)16(19(30)23-20(27)31)26(10-11-32-4)15(29)12-33-21-25-24-18(13(2)3)28(21)14-7-8-14/h13-14H,5-12,22H2,1-4H3,(H,23,30,31). The van der Waals surface area contributed by atoms with E-state index in [1.807, 2.05) is 6.92 Å². The number of hydrogen-bond donors (Lipinski definition) is 2. The topological polar surface area (TPSA) is 141 Å². The molecule has 3 N–H and O–H groups in total. The van der Waals surface area contributed by atoms with Gasteiger partial charge in [-0.2, -0.15) is 0 Å². The summed E-state index contributed by atoms with van der Waals surface area (Å²) in [5.74, 6) is 0.831. The maximum absolute atomic E-state index is 13.3. The minimum absolute atomic E-state index is 0.0186. The first-order valence-corrected chi connectivity index (χ1v) is 12.3. The molecule has 0 radical (unpaired) electrons. The Morgan fingerprint density at radius 3 is 2.67 bits per heavy atom. The Hall–Kier alpha value is -2.60. The van der Waals surface area contributed by atoms with Gasteiger partial charge in [0.1, 0.15) is 11.6 Å². The van der Waals surface area contributed by atoms with E-state index in [9.17, 15) is 14.4 Å². The molecule has 182 valence electrons. The van der Waals surface area contributed by atoms with Gasteiger partial charge >= 0.3 is 5.69 Å². The maximum atomic E-state index is 13.3. The Morgan fingerprint density at radius 2 is 2.06 bits per heavy atom. The normalized spacial score (nSPS) is 13.6. The van der Waals surface area contributed by atoms with Crippen LogP contribution >= 0.6 is 11.8 Å². The molecule has 1 aliphatic rings. The van der Waals surface area contributed by atoms with E-state index in [0.29, 0.717) is 24.2 Å². The van der Waals surface area contributed by atoms with Crippen LogP contribution in [0.5, 0.6) is 0 Å². The minimum atomic E-state index is -0.692. The highest BCUT2D eigenvalue weighted by atomic mass is 32.2. The Balaban J connectivity index is 1.88. The highest BCUT2D eigenvalue weighted by Crippen LogP contribution is 2.40. The number of rotatable bonds is 12. The number of nitrogens with zero attached hydrogens (tertiary/aromatic N) is 5. The van der Waals surface area contributed by atoms with Crippen molar-refractivity contribution in [3.63, 3.8) is 0 Å². The third-order valence-corrected chi connectivity index (χ3v) is 6.41. The first kappa shape index (κ1) is 25.0. The number of unbranched alkanes of at least 4 members (excludes halogenated alkanes) is 1. The van der Waals surface area contributed by atoms with Gasteiger partial charge in [-0.15, -0.1) is 10.2 Å². The number of carbonyl (C=O) groups is 1. The van der Waals surface area contributed by atoms with Gasteiger partial charge in [0.05, 0.1) is 12.4 Å². The van der Waals surface area contributed by atoms with Gasteiger partial charge in [-0.25, -0.2) is 4.79 Å². The Bertz CT molecular complexity index is 1090. The number of amides is 1. The molecule has 11 nitrogen and oxygen atoms in total. The summed E-state index contributed by atoms with van der Waals surface area (Å²) in [5, 5.41) is 9.31. The Kier molecular flexibility index (Phi) is 8.35. The zero-order valence-electron chi connectivity index (χ0n) is 19.7. The molecule has 0 atom stereocenters. The number of nitrogens with one attached hydrogen (secondary N) is 1. The number of H-pyrrole nitrogens is 1. The molecule has 1 fully saturated rings. The van der Waals surface area contributed by atoms with Gasteiger partial charge in [-0.05, 0) is 19.3 Å². The number of anilines is 2. The molecule has 0 unspecified atom stereocenters. The lowest BCUT2D eigenvalue weighted by Crippen LogP contribution is -2.43. The zero-order valence-corrected chi connectivity index (χ0v) is 20.5. The van der Waals surface area contributed by atoms with Crippen LogP contribution in [-0.4, -0.2) is 56.2 Å². The molecule has 1 amide bonds. The number of aromatic amines is 1. The van der Waals surface area contributed by atoms with Crippen LogP contribution in [-0.2, 0) is 16.1 Å². The second-order valence-electron chi connectivity index (χ2n) is 8.42. The Morgan fingerprint density at radius 1 is 1.33 bits per heavy atom. The summed E-state index contributed by atoms with van der Waals surface area (Å²) in [4.78, 5) is 41.8. The van der Waals surface area contributed by atoms with Crippen LogP contribution in [0.4, 0.5) is 11.5 Å². The van der Waals surface area contributed by atoms with Gasteiger partial charge in [-0.3, -0.25) is 19.1 Å². The molecule has 2 heterocycles. The average molecular weight is 480 g/mol. The predicted octanol–water partition coefficient (Wildman–Crippen LogP) is 1.74. The van der Waals surface area contributed by atoms with Gasteiger partial charge in [-0.1, -0.05) is 39.0 Å². The molecule has 0 spiro atoms. The molecular weight excluding hydrogens is 446 g/mol. The smallest absolute Gasteiger partial charge is 0.330 e. The fourth-order valence-corrected chi connectivity index (χ4v) is 4.47. The van der Waals surface area contributed by atoms with Crippen molar-refractivity contribution in [2.75, 3.05) is 36.6 Å². The summed E-state index contributed by atoms with van der Waals surface area (Å²) in [6.45, 7) is 6.81. The van der Waals surface area contributed by atoms with Gasteiger partial charge in [0.25, 0.3) is 5.56 Å². The van der Waals surface area contributed by atoms with Crippen molar-refractivity contribution in [3.8, 4) is 0 Å². The molecule has 33 heavy (non-hydrogen) atoms. The molecular formula is C21H33N7O4S. The van der Waals surface area contributed by atoms with E-state index < -0.39 is 11.2 Å². The van der Waals surface area contributed by atoms with Gasteiger partial charge < -0.3 is 19.9 Å². The molecule has 0 aliphatic heterocycles. The monoisotopic (exact) mass is 479 g/mol. The number of nitrogen functional groups attached to an aromatic ring is 1. The minimum Gasteiger partial charge on any atom is -0.383 e. The van der Waals surface area contributed by atoms with E-state index in [1.54, 1.807) is 0 Å². The summed E-state index contributed by atoms with van der Waals surface area (Å²) >= 11 is 1.29. The van der Waals surface area contributed by atoms with Crippen molar-refractivity contribution in [1.82, 2.24) is 24.3 Å². The van der Waals surface area contributed by atoms with E-state index in [4.69, 9.17) is 10.5 Å². The molecule has 0 saturated heterocycles. The van der Waals surface area contributed by atoms with Crippen molar-refractivity contribution in [3.05, 3.63) is 26.7 Å². The van der Waals surface area contributed by atoms with Crippen LogP contribution in [0.3, 0.4) is 0 Å². The summed E-state index contributed by atoms with van der Waals surface area (Å²) in [7, 11) is 1.51. The first-order chi connectivity index (χ1) is 15.8. The molecule has 1 aliphatic carbocycles. The second kappa shape index (κ2) is 11.0. The van der Waals surface area contributed by atoms with Gasteiger partial charge in [0.15, 0.2) is 10.8 Å². The van der Waals surface area contributed by atoms with Gasteiger partial charge in [0, 0.05) is 32.2 Å². The number of hydrogen-bond acceptors (Lipinski definition) is 8. The predicted molar refractivity (Wildman–Crippen MR) is 128 cm³/mol. The lowest BCUT2D eigenvalue weighted by atomic mass is 10.2. The number of aromatic nitrogens is 5. The van der Waals surface area contributed by atoms with Crippen LogP contribution in [0.1, 0.15) is 64.2 Å². The number of thioether (sulfide) groups is 1. The van der Waals surface area contributed by atoms with Crippen LogP contribution in [0.25, 0.3) is 0 Å². The Labute approximate surface area is 196 Å². The molecule has 3 rings (SSSR count). The van der Waals surface area contributed by atoms with E-state index in [2.05, 4.69) is 33.6 Å². The summed E-state index contributed by atoms with van der Waals surface area (Å²) < 4.78 is 8.57. The molecule has 2 aromatic rings. The lowest BCUT2D eigenvalue weighted by Gasteiger charge is -2.24. The molecule has 1 saturated carbocycles. The number of carbonyl (C=O) groups excluding carboxylic acids is 1. The van der Waals surface area contributed by atoms with Crippen LogP contribution in [0.15, 0.2) is 14.7 Å². The lowest BCUT2D eigenvalue weighted by molar-refractivity contribution is -0.116. The SMILES string of the molecule is CCCCn1c(N)c(N(CCOC)C(=O)CSc2nnc(C(C)C)n2C2CC2)c(=O)[nH]c1=O. The van der Waals surface area contributed by atoms with E-state index >= 15 is 0 Å². The fraction of sp³-hybridized carbons (Fsp3) is 0.667. The summed E-state index contributed by atoms with van der Waals surface area (Å²) in [6.07, 6.45) is 3.71. The number of ether oxygens (including phenoxy) is 1. The molecule has 2 aromatic heterocycles. The van der Waals surface area contributed by atoms with Crippen molar-refractivity contribution in [1.29, 1.82) is 0 Å². The van der Waals surface area contributed by atoms with E-state index in [1.165, 1.54) is 28.3 Å². The summed E-state index contributed by atoms with van der Waals surface area (Å²) in [6, 6.07) is 0.375. The van der Waals surface area contributed by atoms with Crippen molar-refractivity contribution in [2.24, 2.45) is 0 Å².